The maximum absolute atomic E-state index is 10.9. The summed E-state index contributed by atoms with van der Waals surface area (Å²) in [4.78, 5) is 10.9. The van der Waals surface area contributed by atoms with E-state index in [-0.39, 0.29) is 5.41 Å². The Labute approximate surface area is 111 Å². The number of rotatable bonds is 4. The first kappa shape index (κ1) is 13.2. The molecule has 1 heterocycles. The van der Waals surface area contributed by atoms with E-state index in [0.717, 1.165) is 23.9 Å². The number of hydrogen-bond acceptors (Lipinski definition) is 2. The highest BCUT2D eigenvalue weighted by Gasteiger charge is 2.16. The van der Waals surface area contributed by atoms with E-state index < -0.39 is 5.97 Å². The lowest BCUT2D eigenvalue weighted by Gasteiger charge is -2.15. The minimum absolute atomic E-state index is 0.294. The van der Waals surface area contributed by atoms with Gasteiger partial charge in [0.1, 0.15) is 0 Å². The van der Waals surface area contributed by atoms with Crippen molar-refractivity contribution in [3.05, 3.63) is 36.0 Å². The molecule has 2 rings (SSSR count). The van der Waals surface area contributed by atoms with E-state index >= 15 is 0 Å². The lowest BCUT2D eigenvalue weighted by molar-refractivity contribution is 0.0697. The molecule has 0 spiro atoms. The molecule has 1 aromatic carbocycles. The third kappa shape index (κ3) is 2.76. The molecule has 4 nitrogen and oxygen atoms in total. The summed E-state index contributed by atoms with van der Waals surface area (Å²) < 4.78 is 2.06. The standard InChI is InChI=1S/C15H16N2O2/c1-15(2,10-16)6-8-17-7-5-11-9-12(14(18)19)3-4-13(11)17/h3-5,7,9H,6,8H2,1-2H3,(H,18,19). The second kappa shape index (κ2) is 4.77. The van der Waals surface area contributed by atoms with Gasteiger partial charge in [-0.05, 0) is 44.5 Å². The van der Waals surface area contributed by atoms with Crippen molar-refractivity contribution in [3.8, 4) is 6.07 Å². The van der Waals surface area contributed by atoms with Crippen LogP contribution in [0.3, 0.4) is 0 Å². The molecule has 98 valence electrons. The van der Waals surface area contributed by atoms with Crippen LogP contribution in [0, 0.1) is 16.7 Å². The van der Waals surface area contributed by atoms with Crippen molar-refractivity contribution in [2.45, 2.75) is 26.8 Å². The maximum Gasteiger partial charge on any atom is 0.335 e. The first-order chi connectivity index (χ1) is 8.93. The van der Waals surface area contributed by atoms with Gasteiger partial charge in [-0.15, -0.1) is 0 Å². The number of benzene rings is 1. The van der Waals surface area contributed by atoms with Crippen molar-refractivity contribution in [1.82, 2.24) is 4.57 Å². The molecule has 2 aromatic rings. The number of aryl methyl sites for hydroxylation is 1. The van der Waals surface area contributed by atoms with Crippen LogP contribution in [0.2, 0.25) is 0 Å². The largest absolute Gasteiger partial charge is 0.478 e. The molecule has 1 aromatic heterocycles. The van der Waals surface area contributed by atoms with Crippen molar-refractivity contribution >= 4 is 16.9 Å². The molecule has 0 saturated heterocycles. The lowest BCUT2D eigenvalue weighted by atomic mass is 9.91. The van der Waals surface area contributed by atoms with Gasteiger partial charge in [0.25, 0.3) is 0 Å². The number of carboxylic acid groups (broad SMARTS) is 1. The number of fused-ring (bicyclic) bond motifs is 1. The zero-order chi connectivity index (χ0) is 14.0. The Morgan fingerprint density at radius 3 is 2.79 bits per heavy atom. The van der Waals surface area contributed by atoms with Gasteiger partial charge in [0.05, 0.1) is 17.0 Å². The monoisotopic (exact) mass is 256 g/mol. The number of nitriles is 1. The SMILES string of the molecule is CC(C)(C#N)CCn1ccc2cc(C(=O)O)ccc21. The number of nitrogens with zero attached hydrogens (tertiary/aromatic N) is 2. The van der Waals surface area contributed by atoms with Crippen molar-refractivity contribution in [1.29, 1.82) is 5.26 Å². The number of carboxylic acids is 1. The fourth-order valence-corrected chi connectivity index (χ4v) is 1.98. The Morgan fingerprint density at radius 1 is 1.42 bits per heavy atom. The predicted octanol–water partition coefficient (Wildman–Crippen LogP) is 3.28. The zero-order valence-electron chi connectivity index (χ0n) is 11.1. The molecule has 0 aliphatic rings. The highest BCUT2D eigenvalue weighted by molar-refractivity contribution is 5.93. The Hall–Kier alpha value is -2.28. The van der Waals surface area contributed by atoms with Gasteiger partial charge in [-0.2, -0.15) is 5.26 Å². The van der Waals surface area contributed by atoms with Crippen LogP contribution in [0.5, 0.6) is 0 Å². The summed E-state index contributed by atoms with van der Waals surface area (Å²) in [6.45, 7) is 4.58. The summed E-state index contributed by atoms with van der Waals surface area (Å²) in [5.74, 6) is -0.916. The average molecular weight is 256 g/mol. The summed E-state index contributed by atoms with van der Waals surface area (Å²) in [6.07, 6.45) is 2.69. The molecule has 0 radical (unpaired) electrons. The molecule has 1 N–H and O–H groups in total. The topological polar surface area (TPSA) is 66.0 Å². The number of carbonyl (C=O) groups is 1. The van der Waals surface area contributed by atoms with Crippen molar-refractivity contribution in [3.63, 3.8) is 0 Å². The molecule has 0 fully saturated rings. The normalized spacial score (nSPS) is 11.4. The molecular weight excluding hydrogens is 240 g/mol. The van der Waals surface area contributed by atoms with E-state index in [9.17, 15) is 4.79 Å². The third-order valence-electron chi connectivity index (χ3n) is 3.30. The zero-order valence-corrected chi connectivity index (χ0v) is 11.1. The van der Waals surface area contributed by atoms with E-state index in [0.29, 0.717) is 5.56 Å². The number of aromatic nitrogens is 1. The van der Waals surface area contributed by atoms with Crippen molar-refractivity contribution < 1.29 is 9.90 Å². The second-order valence-corrected chi connectivity index (χ2v) is 5.33. The first-order valence-electron chi connectivity index (χ1n) is 6.16. The average Bonchev–Trinajstić information content (AvgIpc) is 2.78. The molecule has 0 saturated carbocycles. The third-order valence-corrected chi connectivity index (χ3v) is 3.30. The molecule has 0 aliphatic heterocycles. The molecule has 0 bridgehead atoms. The Balaban J connectivity index is 2.27. The summed E-state index contributed by atoms with van der Waals surface area (Å²) in [6, 6.07) is 9.28. The van der Waals surface area contributed by atoms with E-state index in [1.54, 1.807) is 12.1 Å². The van der Waals surface area contributed by atoms with Crippen molar-refractivity contribution in [2.24, 2.45) is 5.41 Å². The van der Waals surface area contributed by atoms with E-state index in [1.807, 2.05) is 32.2 Å². The molecule has 0 atom stereocenters. The Bertz CT molecular complexity index is 662. The van der Waals surface area contributed by atoms with Crippen LogP contribution in [-0.4, -0.2) is 15.6 Å². The van der Waals surface area contributed by atoms with Crippen LogP contribution >= 0.6 is 0 Å². The van der Waals surface area contributed by atoms with E-state index in [1.165, 1.54) is 0 Å². The summed E-state index contributed by atoms with van der Waals surface area (Å²) in [7, 11) is 0. The van der Waals surface area contributed by atoms with Crippen LogP contribution in [0.4, 0.5) is 0 Å². The molecule has 4 heteroatoms. The number of hydrogen-bond donors (Lipinski definition) is 1. The van der Waals surface area contributed by atoms with Crippen LogP contribution in [-0.2, 0) is 6.54 Å². The van der Waals surface area contributed by atoms with Gasteiger partial charge in [0.2, 0.25) is 0 Å². The van der Waals surface area contributed by atoms with Gasteiger partial charge < -0.3 is 9.67 Å². The van der Waals surface area contributed by atoms with E-state index in [4.69, 9.17) is 10.4 Å². The van der Waals surface area contributed by atoms with Crippen LogP contribution in [0.1, 0.15) is 30.6 Å². The minimum Gasteiger partial charge on any atom is -0.478 e. The fraction of sp³-hybridized carbons (Fsp3) is 0.333. The van der Waals surface area contributed by atoms with Crippen molar-refractivity contribution in [2.75, 3.05) is 0 Å². The van der Waals surface area contributed by atoms with Crippen LogP contribution in [0.25, 0.3) is 10.9 Å². The Kier molecular flexibility index (Phi) is 3.30. The predicted molar refractivity (Wildman–Crippen MR) is 72.9 cm³/mol. The smallest absolute Gasteiger partial charge is 0.335 e. The maximum atomic E-state index is 10.9. The van der Waals surface area contributed by atoms with E-state index in [2.05, 4.69) is 10.6 Å². The molecule has 0 amide bonds. The molecule has 0 aliphatic carbocycles. The van der Waals surface area contributed by atoms with Gasteiger partial charge >= 0.3 is 5.97 Å². The van der Waals surface area contributed by atoms with Gasteiger partial charge in [-0.3, -0.25) is 0 Å². The Morgan fingerprint density at radius 2 is 2.16 bits per heavy atom. The number of aromatic carboxylic acids is 1. The summed E-state index contributed by atoms with van der Waals surface area (Å²) in [5.41, 5.74) is 0.943. The quantitative estimate of drug-likeness (QED) is 0.912. The lowest BCUT2D eigenvalue weighted by Crippen LogP contribution is -2.11. The molecule has 0 unspecified atom stereocenters. The first-order valence-corrected chi connectivity index (χ1v) is 6.16. The molecular formula is C15H16N2O2. The minimum atomic E-state index is -0.916. The molecule has 19 heavy (non-hydrogen) atoms. The van der Waals surface area contributed by atoms with Gasteiger partial charge in [-0.25, -0.2) is 4.79 Å². The summed E-state index contributed by atoms with van der Waals surface area (Å²) in [5, 5.41) is 18.9. The van der Waals surface area contributed by atoms with Crippen LogP contribution in [0.15, 0.2) is 30.5 Å². The van der Waals surface area contributed by atoms with Gasteiger partial charge in [-0.1, -0.05) is 0 Å². The van der Waals surface area contributed by atoms with Gasteiger partial charge in [0, 0.05) is 23.6 Å². The highest BCUT2D eigenvalue weighted by Crippen LogP contribution is 2.23. The second-order valence-electron chi connectivity index (χ2n) is 5.33. The summed E-state index contributed by atoms with van der Waals surface area (Å²) >= 11 is 0. The fourth-order valence-electron chi connectivity index (χ4n) is 1.98. The van der Waals surface area contributed by atoms with Crippen LogP contribution < -0.4 is 0 Å². The highest BCUT2D eigenvalue weighted by atomic mass is 16.4. The van der Waals surface area contributed by atoms with Gasteiger partial charge in [0.15, 0.2) is 0 Å².